The molecule has 5 aromatic rings. The Hall–Kier alpha value is -4.68. The average molecular weight is 453 g/mol. The van der Waals surface area contributed by atoms with E-state index in [1.54, 1.807) is 7.11 Å². The predicted octanol–water partition coefficient (Wildman–Crippen LogP) is 7.94. The first-order valence-electron chi connectivity index (χ1n) is 11.5. The van der Waals surface area contributed by atoms with E-state index in [-0.39, 0.29) is 0 Å². The lowest BCUT2D eigenvalue weighted by Gasteiger charge is -2.18. The maximum Gasteiger partial charge on any atom is 0.118 e. The SMILES string of the molecule is COc1ccc(-c2cc(-c3ccccc3)c(-c3ccc(C)cc3)c(-c3ccc(C#N)cc3)n2)cc1. The van der Waals surface area contributed by atoms with Gasteiger partial charge in [-0.15, -0.1) is 0 Å². The van der Waals surface area contributed by atoms with Gasteiger partial charge in [0.05, 0.1) is 30.1 Å². The van der Waals surface area contributed by atoms with Crippen molar-refractivity contribution in [2.45, 2.75) is 6.92 Å². The molecule has 0 spiro atoms. The largest absolute Gasteiger partial charge is 0.497 e. The second-order valence-corrected chi connectivity index (χ2v) is 8.43. The van der Waals surface area contributed by atoms with Crippen LogP contribution in [0.5, 0.6) is 5.75 Å². The summed E-state index contributed by atoms with van der Waals surface area (Å²) in [6.07, 6.45) is 0. The predicted molar refractivity (Wildman–Crippen MR) is 142 cm³/mol. The van der Waals surface area contributed by atoms with Crippen molar-refractivity contribution < 1.29 is 4.74 Å². The number of nitriles is 1. The molecule has 3 nitrogen and oxygen atoms in total. The molecule has 0 aliphatic carbocycles. The van der Waals surface area contributed by atoms with Crippen LogP contribution in [0, 0.1) is 18.3 Å². The van der Waals surface area contributed by atoms with E-state index in [1.807, 2.05) is 54.6 Å². The van der Waals surface area contributed by atoms with Gasteiger partial charge in [-0.05, 0) is 66.1 Å². The zero-order valence-electron chi connectivity index (χ0n) is 19.7. The lowest BCUT2D eigenvalue weighted by Crippen LogP contribution is -1.97. The van der Waals surface area contributed by atoms with Gasteiger partial charge in [0.15, 0.2) is 0 Å². The third-order valence-electron chi connectivity index (χ3n) is 6.12. The van der Waals surface area contributed by atoms with Crippen molar-refractivity contribution in [3.63, 3.8) is 0 Å². The maximum atomic E-state index is 9.31. The Morgan fingerprint density at radius 1 is 0.686 bits per heavy atom. The van der Waals surface area contributed by atoms with Gasteiger partial charge in [-0.2, -0.15) is 5.26 Å². The first kappa shape index (κ1) is 22.1. The summed E-state index contributed by atoms with van der Waals surface area (Å²) in [5.41, 5.74) is 9.95. The van der Waals surface area contributed by atoms with Crippen LogP contribution >= 0.6 is 0 Å². The van der Waals surface area contributed by atoms with Crippen molar-refractivity contribution in [3.05, 3.63) is 120 Å². The third kappa shape index (κ3) is 4.55. The highest BCUT2D eigenvalue weighted by atomic mass is 16.5. The zero-order valence-corrected chi connectivity index (χ0v) is 19.7. The number of aromatic nitrogens is 1. The van der Waals surface area contributed by atoms with Gasteiger partial charge in [0, 0.05) is 16.7 Å². The van der Waals surface area contributed by atoms with Crippen LogP contribution in [0.3, 0.4) is 0 Å². The first-order chi connectivity index (χ1) is 17.2. The normalized spacial score (nSPS) is 10.5. The van der Waals surface area contributed by atoms with Crippen molar-refractivity contribution in [1.29, 1.82) is 5.26 Å². The fourth-order valence-corrected chi connectivity index (χ4v) is 4.22. The van der Waals surface area contributed by atoms with Crippen LogP contribution in [0.25, 0.3) is 44.8 Å². The fraction of sp³-hybridized carbons (Fsp3) is 0.0625. The topological polar surface area (TPSA) is 45.9 Å². The molecule has 1 heterocycles. The highest BCUT2D eigenvalue weighted by Crippen LogP contribution is 2.41. The Labute approximate surface area is 205 Å². The molecule has 4 aromatic carbocycles. The summed E-state index contributed by atoms with van der Waals surface area (Å²) >= 11 is 0. The molecular weight excluding hydrogens is 428 g/mol. The summed E-state index contributed by atoms with van der Waals surface area (Å²) in [5, 5.41) is 9.31. The number of methoxy groups -OCH3 is 1. The van der Waals surface area contributed by atoms with Crippen molar-refractivity contribution in [2.24, 2.45) is 0 Å². The van der Waals surface area contributed by atoms with Crippen LogP contribution < -0.4 is 4.74 Å². The number of ether oxygens (including phenoxy) is 1. The fourth-order valence-electron chi connectivity index (χ4n) is 4.22. The Balaban J connectivity index is 1.83. The third-order valence-corrected chi connectivity index (χ3v) is 6.12. The summed E-state index contributed by atoms with van der Waals surface area (Å²) < 4.78 is 5.35. The maximum absolute atomic E-state index is 9.31. The molecule has 1 aromatic heterocycles. The van der Waals surface area contributed by atoms with E-state index in [0.29, 0.717) is 5.56 Å². The first-order valence-corrected chi connectivity index (χ1v) is 11.5. The molecule has 0 bridgehead atoms. The molecule has 0 unspecified atom stereocenters. The molecule has 0 radical (unpaired) electrons. The zero-order chi connectivity index (χ0) is 24.2. The highest BCUT2D eigenvalue weighted by Gasteiger charge is 2.18. The van der Waals surface area contributed by atoms with Crippen LogP contribution in [-0.4, -0.2) is 12.1 Å². The van der Waals surface area contributed by atoms with Crippen LogP contribution in [0.4, 0.5) is 0 Å². The second-order valence-electron chi connectivity index (χ2n) is 8.43. The van der Waals surface area contributed by atoms with Gasteiger partial charge >= 0.3 is 0 Å². The molecule has 0 aliphatic heterocycles. The Morgan fingerprint density at radius 2 is 1.31 bits per heavy atom. The Kier molecular flexibility index (Phi) is 6.11. The monoisotopic (exact) mass is 452 g/mol. The number of rotatable bonds is 5. The molecule has 5 rings (SSSR count). The van der Waals surface area contributed by atoms with Gasteiger partial charge in [-0.1, -0.05) is 72.3 Å². The minimum atomic E-state index is 0.625. The second kappa shape index (κ2) is 9.67. The number of benzene rings is 4. The van der Waals surface area contributed by atoms with Crippen LogP contribution in [0.1, 0.15) is 11.1 Å². The molecule has 0 atom stereocenters. The smallest absolute Gasteiger partial charge is 0.118 e. The summed E-state index contributed by atoms with van der Waals surface area (Å²) in [6, 6.07) is 39.0. The Bertz CT molecular complexity index is 1500. The minimum absolute atomic E-state index is 0.625. The van der Waals surface area contributed by atoms with E-state index in [1.165, 1.54) is 5.56 Å². The standard InChI is InChI=1S/C32H24N2O/c1-22-8-12-26(13-9-22)31-29(24-6-4-3-5-7-24)20-30(25-16-18-28(35-2)19-17-25)34-32(31)27-14-10-23(21-33)11-15-27/h3-20H,1-2H3. The van der Waals surface area contributed by atoms with Gasteiger partial charge in [-0.25, -0.2) is 4.98 Å². The molecule has 3 heteroatoms. The molecule has 35 heavy (non-hydrogen) atoms. The lowest BCUT2D eigenvalue weighted by molar-refractivity contribution is 0.415. The van der Waals surface area contributed by atoms with Crippen molar-refractivity contribution in [1.82, 2.24) is 4.98 Å². The van der Waals surface area contributed by atoms with E-state index in [9.17, 15) is 5.26 Å². The van der Waals surface area contributed by atoms with Gasteiger partial charge < -0.3 is 4.74 Å². The Morgan fingerprint density at radius 3 is 1.94 bits per heavy atom. The summed E-state index contributed by atoms with van der Waals surface area (Å²) in [4.78, 5) is 5.19. The van der Waals surface area contributed by atoms with Gasteiger partial charge in [-0.3, -0.25) is 0 Å². The number of hydrogen-bond acceptors (Lipinski definition) is 3. The minimum Gasteiger partial charge on any atom is -0.497 e. The van der Waals surface area contributed by atoms with Crippen LogP contribution in [-0.2, 0) is 0 Å². The van der Waals surface area contributed by atoms with E-state index < -0.39 is 0 Å². The lowest BCUT2D eigenvalue weighted by atomic mass is 9.89. The molecule has 0 saturated heterocycles. The molecule has 0 amide bonds. The van der Waals surface area contributed by atoms with Crippen LogP contribution in [0.15, 0.2) is 109 Å². The van der Waals surface area contributed by atoms with Crippen molar-refractivity contribution in [2.75, 3.05) is 7.11 Å². The number of aryl methyl sites for hydroxylation is 1. The molecule has 0 aliphatic rings. The van der Waals surface area contributed by atoms with E-state index in [2.05, 4.69) is 67.6 Å². The molecule has 0 saturated carbocycles. The summed E-state index contributed by atoms with van der Waals surface area (Å²) in [6.45, 7) is 2.09. The van der Waals surface area contributed by atoms with Gasteiger partial charge in [0.25, 0.3) is 0 Å². The molecule has 168 valence electrons. The van der Waals surface area contributed by atoms with Crippen molar-refractivity contribution >= 4 is 0 Å². The van der Waals surface area contributed by atoms with Gasteiger partial charge in [0.2, 0.25) is 0 Å². The average Bonchev–Trinajstić information content (AvgIpc) is 2.93. The van der Waals surface area contributed by atoms with Gasteiger partial charge in [0.1, 0.15) is 5.75 Å². The van der Waals surface area contributed by atoms with Crippen LogP contribution in [0.2, 0.25) is 0 Å². The quantitative estimate of drug-likeness (QED) is 0.272. The highest BCUT2D eigenvalue weighted by molar-refractivity contribution is 5.95. The summed E-state index contributed by atoms with van der Waals surface area (Å²) in [7, 11) is 1.67. The van der Waals surface area contributed by atoms with Crippen molar-refractivity contribution in [3.8, 4) is 56.6 Å². The molecular formula is C32H24N2O. The molecule has 0 N–H and O–H groups in total. The number of pyridine rings is 1. The molecule has 0 fully saturated rings. The summed E-state index contributed by atoms with van der Waals surface area (Å²) in [5.74, 6) is 0.806. The van der Waals surface area contributed by atoms with E-state index in [4.69, 9.17) is 9.72 Å². The van der Waals surface area contributed by atoms with E-state index >= 15 is 0 Å². The number of hydrogen-bond donors (Lipinski definition) is 0. The van der Waals surface area contributed by atoms with E-state index in [0.717, 1.165) is 50.5 Å². The number of nitrogens with zero attached hydrogens (tertiary/aromatic N) is 2.